The Bertz CT molecular complexity index is 503. The molecule has 0 radical (unpaired) electrons. The first-order chi connectivity index (χ1) is 8.86. The smallest absolute Gasteiger partial charge is 0.0362 e. The van der Waals surface area contributed by atoms with Crippen LogP contribution in [0.25, 0.3) is 0 Å². The first-order valence-corrected chi connectivity index (χ1v) is 7.63. The predicted octanol–water partition coefficient (Wildman–Crippen LogP) is 3.35. The Morgan fingerprint density at radius 3 is 3.11 bits per heavy atom. The number of nitrogens with one attached hydrogen (secondary N) is 1. The fourth-order valence-corrected chi connectivity index (χ4v) is 3.94. The summed E-state index contributed by atoms with van der Waals surface area (Å²) in [6.45, 7) is 5.21. The molecule has 2 nitrogen and oxygen atoms in total. The Hall–Kier alpha value is -1.06. The maximum Gasteiger partial charge on any atom is 0.0362 e. The highest BCUT2D eigenvalue weighted by Gasteiger charge is 2.14. The monoisotopic (exact) mass is 260 g/mol. The van der Waals surface area contributed by atoms with Crippen LogP contribution < -0.4 is 5.32 Å². The van der Waals surface area contributed by atoms with Crippen LogP contribution in [0.2, 0.25) is 0 Å². The number of aryl methyl sites for hydroxylation is 3. The minimum Gasteiger partial charge on any atom is -0.351 e. The Balaban J connectivity index is 1.55. The van der Waals surface area contributed by atoms with Crippen LogP contribution in [-0.2, 0) is 32.5 Å². The highest BCUT2D eigenvalue weighted by Crippen LogP contribution is 2.30. The number of aromatic nitrogens is 1. The van der Waals surface area contributed by atoms with Gasteiger partial charge in [0.2, 0.25) is 0 Å². The number of hydrogen-bond acceptors (Lipinski definition) is 2. The van der Waals surface area contributed by atoms with Crippen molar-refractivity contribution >= 4 is 11.3 Å². The quantitative estimate of drug-likeness (QED) is 0.872. The van der Waals surface area contributed by atoms with Crippen LogP contribution in [0.15, 0.2) is 24.4 Å². The maximum absolute atomic E-state index is 3.56. The van der Waals surface area contributed by atoms with Gasteiger partial charge in [-0.05, 0) is 49.9 Å². The van der Waals surface area contributed by atoms with E-state index in [0.29, 0.717) is 0 Å². The van der Waals surface area contributed by atoms with E-state index in [1.807, 2.05) is 11.3 Å². The highest BCUT2D eigenvalue weighted by molar-refractivity contribution is 7.12. The zero-order chi connectivity index (χ0) is 12.4. The molecule has 0 aliphatic heterocycles. The normalized spacial score (nSPS) is 14.1. The topological polar surface area (TPSA) is 17.0 Å². The molecule has 0 aromatic carbocycles. The third kappa shape index (κ3) is 2.38. The Labute approximate surface area is 113 Å². The molecule has 0 unspecified atom stereocenters. The van der Waals surface area contributed by atoms with Crippen LogP contribution in [0.5, 0.6) is 0 Å². The summed E-state index contributed by atoms with van der Waals surface area (Å²) in [4.78, 5) is 3.12. The van der Waals surface area contributed by atoms with E-state index in [-0.39, 0.29) is 0 Å². The number of rotatable bonds is 5. The summed E-state index contributed by atoms with van der Waals surface area (Å²) in [5, 5.41) is 3.56. The van der Waals surface area contributed by atoms with E-state index in [2.05, 4.69) is 41.2 Å². The molecule has 18 heavy (non-hydrogen) atoms. The van der Waals surface area contributed by atoms with Gasteiger partial charge in [-0.3, -0.25) is 0 Å². The summed E-state index contributed by atoms with van der Waals surface area (Å²) in [5.41, 5.74) is 2.98. The molecule has 0 fully saturated rings. The minimum absolute atomic E-state index is 0.962. The van der Waals surface area contributed by atoms with E-state index in [0.717, 1.165) is 19.6 Å². The first kappa shape index (κ1) is 12.0. The van der Waals surface area contributed by atoms with Crippen molar-refractivity contribution in [2.75, 3.05) is 0 Å². The molecule has 3 heteroatoms. The average molecular weight is 260 g/mol. The van der Waals surface area contributed by atoms with Crippen molar-refractivity contribution in [3.8, 4) is 0 Å². The molecule has 0 saturated carbocycles. The van der Waals surface area contributed by atoms with Gasteiger partial charge in [-0.25, -0.2) is 0 Å². The molecular formula is C15H20N2S. The molecule has 1 aliphatic carbocycles. The fourth-order valence-electron chi connectivity index (χ4n) is 2.71. The van der Waals surface area contributed by atoms with Crippen molar-refractivity contribution in [3.05, 3.63) is 45.4 Å². The van der Waals surface area contributed by atoms with Gasteiger partial charge >= 0.3 is 0 Å². The summed E-state index contributed by atoms with van der Waals surface area (Å²) in [6, 6.07) is 6.73. The summed E-state index contributed by atoms with van der Waals surface area (Å²) < 4.78 is 2.29. The molecule has 2 aromatic heterocycles. The Kier molecular flexibility index (Phi) is 3.52. The van der Waals surface area contributed by atoms with Crippen molar-refractivity contribution in [3.63, 3.8) is 0 Å². The van der Waals surface area contributed by atoms with E-state index < -0.39 is 0 Å². The van der Waals surface area contributed by atoms with Gasteiger partial charge in [0.15, 0.2) is 0 Å². The molecular weight excluding hydrogens is 240 g/mol. The lowest BCUT2D eigenvalue weighted by molar-refractivity contribution is 0.632. The summed E-state index contributed by atoms with van der Waals surface area (Å²) in [7, 11) is 0. The summed E-state index contributed by atoms with van der Waals surface area (Å²) in [5.74, 6) is 0. The van der Waals surface area contributed by atoms with Gasteiger partial charge in [-0.1, -0.05) is 0 Å². The van der Waals surface area contributed by atoms with Crippen LogP contribution in [0.1, 0.15) is 34.4 Å². The second-order valence-electron chi connectivity index (χ2n) is 4.90. The van der Waals surface area contributed by atoms with E-state index in [4.69, 9.17) is 0 Å². The maximum atomic E-state index is 3.56. The zero-order valence-electron chi connectivity index (χ0n) is 10.9. The van der Waals surface area contributed by atoms with Gasteiger partial charge in [0.05, 0.1) is 0 Å². The Morgan fingerprint density at radius 2 is 2.28 bits per heavy atom. The highest BCUT2D eigenvalue weighted by atomic mass is 32.1. The number of thiophene rings is 1. The van der Waals surface area contributed by atoms with Crippen molar-refractivity contribution < 1.29 is 0 Å². The largest absolute Gasteiger partial charge is 0.351 e. The molecule has 1 N–H and O–H groups in total. The third-order valence-corrected chi connectivity index (χ3v) is 4.90. The lowest BCUT2D eigenvalue weighted by atomic mass is 10.2. The SMILES string of the molecule is CCn1cccc1CNCc1cc2c(s1)CCC2. The lowest BCUT2D eigenvalue weighted by Gasteiger charge is -2.07. The molecule has 0 bridgehead atoms. The van der Waals surface area contributed by atoms with Gasteiger partial charge < -0.3 is 9.88 Å². The molecule has 3 rings (SSSR count). The number of hydrogen-bond donors (Lipinski definition) is 1. The van der Waals surface area contributed by atoms with Gasteiger partial charge in [0.1, 0.15) is 0 Å². The standard InChI is InChI=1S/C15H20N2S/c1-2-17-8-4-6-13(17)10-16-11-14-9-12-5-3-7-15(12)18-14/h4,6,8-9,16H,2-3,5,7,10-11H2,1H3. The zero-order valence-corrected chi connectivity index (χ0v) is 11.7. The molecule has 96 valence electrons. The molecule has 0 atom stereocenters. The second kappa shape index (κ2) is 5.29. The lowest BCUT2D eigenvalue weighted by Crippen LogP contribution is -2.14. The molecule has 2 heterocycles. The third-order valence-electron chi connectivity index (χ3n) is 3.67. The number of fused-ring (bicyclic) bond motifs is 1. The predicted molar refractivity (Wildman–Crippen MR) is 77.0 cm³/mol. The van der Waals surface area contributed by atoms with Crippen LogP contribution in [0.4, 0.5) is 0 Å². The molecule has 0 spiro atoms. The van der Waals surface area contributed by atoms with Gasteiger partial charge in [0.25, 0.3) is 0 Å². The van der Waals surface area contributed by atoms with E-state index in [1.165, 1.54) is 29.8 Å². The second-order valence-corrected chi connectivity index (χ2v) is 6.13. The van der Waals surface area contributed by atoms with Crippen molar-refractivity contribution in [2.24, 2.45) is 0 Å². The number of nitrogens with zero attached hydrogens (tertiary/aromatic N) is 1. The Morgan fingerprint density at radius 1 is 1.33 bits per heavy atom. The average Bonchev–Trinajstić information content (AvgIpc) is 3.02. The van der Waals surface area contributed by atoms with Crippen LogP contribution in [0, 0.1) is 0 Å². The molecule has 0 saturated heterocycles. The van der Waals surface area contributed by atoms with E-state index in [9.17, 15) is 0 Å². The van der Waals surface area contributed by atoms with E-state index >= 15 is 0 Å². The van der Waals surface area contributed by atoms with Gasteiger partial charge in [0, 0.05) is 41.3 Å². The summed E-state index contributed by atoms with van der Waals surface area (Å²) >= 11 is 2.00. The molecule has 2 aromatic rings. The van der Waals surface area contributed by atoms with Crippen molar-refractivity contribution in [1.29, 1.82) is 0 Å². The van der Waals surface area contributed by atoms with E-state index in [1.54, 1.807) is 10.4 Å². The first-order valence-electron chi connectivity index (χ1n) is 6.82. The fraction of sp³-hybridized carbons (Fsp3) is 0.467. The summed E-state index contributed by atoms with van der Waals surface area (Å²) in [6.07, 6.45) is 6.11. The molecule has 1 aliphatic rings. The molecule has 0 amide bonds. The van der Waals surface area contributed by atoms with Gasteiger partial charge in [-0.15, -0.1) is 11.3 Å². The van der Waals surface area contributed by atoms with Crippen LogP contribution in [0.3, 0.4) is 0 Å². The van der Waals surface area contributed by atoms with Crippen molar-refractivity contribution in [2.45, 2.75) is 45.8 Å². The van der Waals surface area contributed by atoms with Crippen LogP contribution >= 0.6 is 11.3 Å². The van der Waals surface area contributed by atoms with Gasteiger partial charge in [-0.2, -0.15) is 0 Å². The minimum atomic E-state index is 0.962. The van der Waals surface area contributed by atoms with Crippen LogP contribution in [-0.4, -0.2) is 4.57 Å². The van der Waals surface area contributed by atoms with Crippen molar-refractivity contribution in [1.82, 2.24) is 9.88 Å².